The minimum atomic E-state index is 0.176. The lowest BCUT2D eigenvalue weighted by molar-refractivity contribution is 0.328. The zero-order valence-electron chi connectivity index (χ0n) is 18.2. The van der Waals surface area contributed by atoms with E-state index in [1.807, 2.05) is 36.7 Å². The van der Waals surface area contributed by atoms with E-state index in [9.17, 15) is 0 Å². The van der Waals surface area contributed by atoms with E-state index in [0.29, 0.717) is 24.7 Å². The standard InChI is InChI=1S/C21H30N8O/c1-6-30-21-16(8-7-9-24-21)17-10-18(25-11-15(22)12-28(5)23)20-19(26-17)14(4)27-29(20)13(2)3/h7-10,12-13H,6,11,22-23H2,1-5H3,(H,25,26)/b15-12-. The number of hydrogen-bond acceptors (Lipinski definition) is 8. The molecule has 0 aliphatic heterocycles. The first-order chi connectivity index (χ1) is 14.3. The summed E-state index contributed by atoms with van der Waals surface area (Å²) in [5.41, 5.74) is 11.8. The summed E-state index contributed by atoms with van der Waals surface area (Å²) in [5, 5.41) is 9.57. The minimum Gasteiger partial charge on any atom is -0.477 e. The van der Waals surface area contributed by atoms with Gasteiger partial charge < -0.3 is 20.8 Å². The Morgan fingerprint density at radius 1 is 1.40 bits per heavy atom. The average Bonchev–Trinajstić information content (AvgIpc) is 3.03. The average molecular weight is 411 g/mol. The Labute approximate surface area is 176 Å². The maximum Gasteiger partial charge on any atom is 0.222 e. The number of aryl methyl sites for hydroxylation is 1. The van der Waals surface area contributed by atoms with Crippen LogP contribution in [0, 0.1) is 6.92 Å². The highest BCUT2D eigenvalue weighted by atomic mass is 16.5. The molecule has 5 N–H and O–H groups in total. The van der Waals surface area contributed by atoms with Gasteiger partial charge in [-0.2, -0.15) is 5.10 Å². The third kappa shape index (κ3) is 4.46. The molecule has 0 aliphatic rings. The number of ether oxygens (including phenoxy) is 1. The number of nitrogens with two attached hydrogens (primary N) is 2. The quantitative estimate of drug-likeness (QED) is 0.383. The minimum absolute atomic E-state index is 0.176. The van der Waals surface area contributed by atoms with Crippen LogP contribution in [0.25, 0.3) is 22.3 Å². The second-order valence-corrected chi connectivity index (χ2v) is 7.39. The van der Waals surface area contributed by atoms with E-state index >= 15 is 0 Å². The summed E-state index contributed by atoms with van der Waals surface area (Å²) in [6.07, 6.45) is 3.38. The first-order valence-electron chi connectivity index (χ1n) is 9.97. The number of pyridine rings is 2. The van der Waals surface area contributed by atoms with Gasteiger partial charge in [0.05, 0.1) is 35.8 Å². The summed E-state index contributed by atoms with van der Waals surface area (Å²) in [4.78, 5) is 9.27. The van der Waals surface area contributed by atoms with Crippen LogP contribution in [0.4, 0.5) is 5.69 Å². The molecule has 0 fully saturated rings. The van der Waals surface area contributed by atoms with E-state index in [0.717, 1.165) is 33.7 Å². The molecule has 0 amide bonds. The number of aromatic nitrogens is 4. The maximum absolute atomic E-state index is 6.09. The molecule has 3 aromatic heterocycles. The van der Waals surface area contributed by atoms with Crippen LogP contribution in [0.2, 0.25) is 0 Å². The smallest absolute Gasteiger partial charge is 0.222 e. The number of rotatable bonds is 8. The molecule has 3 rings (SSSR count). The third-order valence-electron chi connectivity index (χ3n) is 4.49. The molecular weight excluding hydrogens is 380 g/mol. The largest absolute Gasteiger partial charge is 0.477 e. The van der Waals surface area contributed by atoms with Gasteiger partial charge in [-0.25, -0.2) is 15.8 Å². The van der Waals surface area contributed by atoms with Crippen molar-refractivity contribution >= 4 is 16.7 Å². The van der Waals surface area contributed by atoms with E-state index in [2.05, 4.69) is 24.1 Å². The van der Waals surface area contributed by atoms with Crippen LogP contribution >= 0.6 is 0 Å². The SMILES string of the molecule is CCOc1ncccc1-c1cc(NC/C(N)=C/N(C)N)c2c(n1)c(C)nn2C(C)C. The van der Waals surface area contributed by atoms with Gasteiger partial charge in [-0.15, -0.1) is 0 Å². The lowest BCUT2D eigenvalue weighted by Gasteiger charge is -2.15. The topological polar surface area (TPSA) is 120 Å². The highest BCUT2D eigenvalue weighted by molar-refractivity contribution is 5.93. The normalized spacial score (nSPS) is 11.9. The fourth-order valence-corrected chi connectivity index (χ4v) is 3.27. The van der Waals surface area contributed by atoms with Crippen molar-refractivity contribution in [1.29, 1.82) is 0 Å². The molecule has 0 aromatic carbocycles. The van der Waals surface area contributed by atoms with Gasteiger partial charge in [0, 0.05) is 31.2 Å². The molecule has 0 saturated heterocycles. The van der Waals surface area contributed by atoms with E-state index in [-0.39, 0.29) is 6.04 Å². The monoisotopic (exact) mass is 410 g/mol. The van der Waals surface area contributed by atoms with Gasteiger partial charge in [0.25, 0.3) is 0 Å². The van der Waals surface area contributed by atoms with Gasteiger partial charge in [0.1, 0.15) is 11.0 Å². The Balaban J connectivity index is 2.16. The van der Waals surface area contributed by atoms with Crippen molar-refractivity contribution in [3.8, 4) is 17.1 Å². The summed E-state index contributed by atoms with van der Waals surface area (Å²) in [6, 6.07) is 5.99. The lowest BCUT2D eigenvalue weighted by atomic mass is 10.1. The van der Waals surface area contributed by atoms with Gasteiger partial charge in [-0.05, 0) is 45.9 Å². The van der Waals surface area contributed by atoms with E-state index in [4.69, 9.17) is 26.4 Å². The maximum atomic E-state index is 6.09. The van der Waals surface area contributed by atoms with Crippen molar-refractivity contribution in [1.82, 2.24) is 24.8 Å². The summed E-state index contributed by atoms with van der Waals surface area (Å²) < 4.78 is 7.70. The van der Waals surface area contributed by atoms with Gasteiger partial charge in [0.15, 0.2) is 0 Å². The predicted octanol–water partition coefficient (Wildman–Crippen LogP) is 2.80. The molecule has 0 spiro atoms. The predicted molar refractivity (Wildman–Crippen MR) is 120 cm³/mol. The first-order valence-corrected chi connectivity index (χ1v) is 9.97. The Bertz CT molecular complexity index is 1050. The van der Waals surface area contributed by atoms with E-state index < -0.39 is 0 Å². The molecule has 160 valence electrons. The van der Waals surface area contributed by atoms with Crippen molar-refractivity contribution in [2.24, 2.45) is 11.6 Å². The van der Waals surface area contributed by atoms with Gasteiger partial charge >= 0.3 is 0 Å². The summed E-state index contributed by atoms with van der Waals surface area (Å²) >= 11 is 0. The third-order valence-corrected chi connectivity index (χ3v) is 4.49. The Morgan fingerprint density at radius 2 is 2.17 bits per heavy atom. The Morgan fingerprint density at radius 3 is 2.83 bits per heavy atom. The molecule has 0 radical (unpaired) electrons. The highest BCUT2D eigenvalue weighted by Gasteiger charge is 2.19. The number of hydrogen-bond donors (Lipinski definition) is 3. The zero-order valence-corrected chi connectivity index (χ0v) is 18.2. The lowest BCUT2D eigenvalue weighted by Crippen LogP contribution is -2.23. The van der Waals surface area contributed by atoms with Gasteiger partial charge in [-0.3, -0.25) is 4.68 Å². The van der Waals surface area contributed by atoms with Crippen LogP contribution in [-0.2, 0) is 0 Å². The number of anilines is 1. The van der Waals surface area contributed by atoms with Crippen molar-refractivity contribution in [3.05, 3.63) is 42.0 Å². The number of hydrazine groups is 1. The fraction of sp³-hybridized carbons (Fsp3) is 0.381. The number of fused-ring (bicyclic) bond motifs is 1. The van der Waals surface area contributed by atoms with Crippen LogP contribution in [0.15, 0.2) is 36.3 Å². The molecule has 9 heteroatoms. The van der Waals surface area contributed by atoms with Crippen LogP contribution in [-0.4, -0.2) is 45.0 Å². The van der Waals surface area contributed by atoms with Crippen LogP contribution in [0.3, 0.4) is 0 Å². The van der Waals surface area contributed by atoms with E-state index in [1.54, 1.807) is 19.4 Å². The van der Waals surface area contributed by atoms with Crippen LogP contribution in [0.1, 0.15) is 32.5 Å². The second-order valence-electron chi connectivity index (χ2n) is 7.39. The second kappa shape index (κ2) is 9.00. The van der Waals surface area contributed by atoms with Crippen LogP contribution in [0.5, 0.6) is 5.88 Å². The Kier molecular flexibility index (Phi) is 6.41. The van der Waals surface area contributed by atoms with Gasteiger partial charge in [-0.1, -0.05) is 0 Å². The number of nitrogens with one attached hydrogen (secondary N) is 1. The number of nitrogens with zero attached hydrogens (tertiary/aromatic N) is 5. The molecule has 30 heavy (non-hydrogen) atoms. The fourth-order valence-electron chi connectivity index (χ4n) is 3.27. The molecule has 0 aliphatic carbocycles. The molecule has 9 nitrogen and oxygen atoms in total. The zero-order chi connectivity index (χ0) is 21.8. The molecule has 0 unspecified atom stereocenters. The summed E-state index contributed by atoms with van der Waals surface area (Å²) in [6.45, 7) is 9.03. The molecule has 0 saturated carbocycles. The summed E-state index contributed by atoms with van der Waals surface area (Å²) in [7, 11) is 1.73. The molecule has 3 heterocycles. The molecule has 0 bridgehead atoms. The molecule has 3 aromatic rings. The van der Waals surface area contributed by atoms with Crippen molar-refractivity contribution in [3.63, 3.8) is 0 Å². The van der Waals surface area contributed by atoms with Crippen molar-refractivity contribution < 1.29 is 4.74 Å². The molecule has 0 atom stereocenters. The van der Waals surface area contributed by atoms with Crippen molar-refractivity contribution in [2.45, 2.75) is 33.7 Å². The highest BCUT2D eigenvalue weighted by Crippen LogP contribution is 2.34. The van der Waals surface area contributed by atoms with Crippen molar-refractivity contribution in [2.75, 3.05) is 25.5 Å². The molecular formula is C21H30N8O. The van der Waals surface area contributed by atoms with E-state index in [1.165, 1.54) is 5.01 Å². The summed E-state index contributed by atoms with van der Waals surface area (Å²) in [5.74, 6) is 6.22. The van der Waals surface area contributed by atoms with Crippen LogP contribution < -0.4 is 21.6 Å². The first kappa shape index (κ1) is 21.4. The van der Waals surface area contributed by atoms with Gasteiger partial charge in [0.2, 0.25) is 5.88 Å². The Hall–Kier alpha value is -3.33.